The van der Waals surface area contributed by atoms with Crippen LogP contribution >= 0.6 is 0 Å². The Morgan fingerprint density at radius 1 is 1.42 bits per heavy atom. The number of esters is 1. The van der Waals surface area contributed by atoms with Gasteiger partial charge in [0.25, 0.3) is 0 Å². The second kappa shape index (κ2) is 7.04. The van der Waals surface area contributed by atoms with Crippen LogP contribution in [-0.2, 0) is 10.9 Å². The molecule has 0 fully saturated rings. The molecule has 1 aromatic carbocycles. The van der Waals surface area contributed by atoms with E-state index in [0.717, 1.165) is 12.1 Å². The van der Waals surface area contributed by atoms with E-state index in [1.807, 2.05) is 0 Å². The highest BCUT2D eigenvalue weighted by atomic mass is 19.4. The van der Waals surface area contributed by atoms with Crippen LogP contribution in [0.4, 0.5) is 18.9 Å². The van der Waals surface area contributed by atoms with E-state index in [2.05, 4.69) is 10.3 Å². The van der Waals surface area contributed by atoms with Gasteiger partial charge >= 0.3 is 12.1 Å². The zero-order valence-corrected chi connectivity index (χ0v) is 13.2. The van der Waals surface area contributed by atoms with Crippen LogP contribution in [-0.4, -0.2) is 30.3 Å². The number of aromatic nitrogens is 1. The van der Waals surface area contributed by atoms with Crippen LogP contribution in [0.2, 0.25) is 0 Å². The maximum atomic E-state index is 12.8. The first-order valence-electron chi connectivity index (χ1n) is 7.38. The fourth-order valence-corrected chi connectivity index (χ4v) is 2.24. The topological polar surface area (TPSA) is 72.7 Å². The minimum Gasteiger partial charge on any atom is -0.462 e. The van der Waals surface area contributed by atoms with Crippen molar-refractivity contribution in [3.8, 4) is 0 Å². The Balaban J connectivity index is 2.58. The van der Waals surface area contributed by atoms with Gasteiger partial charge in [-0.25, -0.2) is 9.78 Å². The van der Waals surface area contributed by atoms with Crippen molar-refractivity contribution in [3.05, 3.63) is 35.5 Å². The van der Waals surface area contributed by atoms with E-state index in [-0.39, 0.29) is 24.2 Å². The van der Waals surface area contributed by atoms with E-state index >= 15 is 0 Å². The molecule has 3 N–H and O–H groups in total. The smallest absolute Gasteiger partial charge is 0.416 e. The Labute approximate surface area is 136 Å². The first kappa shape index (κ1) is 18.0. The molecule has 0 aliphatic heterocycles. The number of halogens is 3. The number of nitrogens with one attached hydrogen (secondary N) is 2. The lowest BCUT2D eigenvalue weighted by molar-refractivity contribution is -0.345. The molecule has 130 valence electrons. The highest BCUT2D eigenvalue weighted by molar-refractivity contribution is 6.03. The molecule has 2 aromatic rings. The van der Waals surface area contributed by atoms with Gasteiger partial charge in [0.1, 0.15) is 5.56 Å². The highest BCUT2D eigenvalue weighted by Crippen LogP contribution is 2.33. The Hall–Kier alpha value is -2.35. The van der Waals surface area contributed by atoms with Crippen LogP contribution < -0.4 is 10.3 Å². The second-order valence-electron chi connectivity index (χ2n) is 5.29. The van der Waals surface area contributed by atoms with Gasteiger partial charge in [0, 0.05) is 12.6 Å². The van der Waals surface area contributed by atoms with Gasteiger partial charge in [-0.3, -0.25) is 0 Å². The van der Waals surface area contributed by atoms with E-state index in [1.54, 1.807) is 13.8 Å². The lowest BCUT2D eigenvalue weighted by Gasteiger charge is -2.14. The summed E-state index contributed by atoms with van der Waals surface area (Å²) >= 11 is 0. The van der Waals surface area contributed by atoms with E-state index in [1.165, 1.54) is 12.3 Å². The van der Waals surface area contributed by atoms with E-state index in [9.17, 15) is 23.1 Å². The van der Waals surface area contributed by atoms with Gasteiger partial charge in [0.05, 0.1) is 29.3 Å². The molecule has 0 saturated heterocycles. The minimum absolute atomic E-state index is 0.131. The van der Waals surface area contributed by atoms with Crippen molar-refractivity contribution in [3.63, 3.8) is 0 Å². The van der Waals surface area contributed by atoms with Gasteiger partial charge in [0.2, 0.25) is 5.52 Å². The molecule has 2 rings (SSSR count). The second-order valence-corrected chi connectivity index (χ2v) is 5.29. The predicted molar refractivity (Wildman–Crippen MR) is 81.6 cm³/mol. The SMILES string of the molecule is CCOC(=O)c1c[nH+]c2cc(C(F)(F)F)ccc2c1NC[C@H](C)O. The van der Waals surface area contributed by atoms with Crippen LogP contribution in [0, 0.1) is 0 Å². The number of hydrogen-bond donors (Lipinski definition) is 2. The van der Waals surface area contributed by atoms with Crippen molar-refractivity contribution < 1.29 is 32.8 Å². The Morgan fingerprint density at radius 3 is 2.71 bits per heavy atom. The fourth-order valence-electron chi connectivity index (χ4n) is 2.24. The summed E-state index contributed by atoms with van der Waals surface area (Å²) in [6, 6.07) is 3.19. The van der Waals surface area contributed by atoms with E-state index in [4.69, 9.17) is 4.74 Å². The maximum Gasteiger partial charge on any atom is 0.416 e. The lowest BCUT2D eigenvalue weighted by Crippen LogP contribution is -2.21. The minimum atomic E-state index is -4.46. The average molecular weight is 343 g/mol. The number of aliphatic hydroxyl groups excluding tert-OH is 1. The first-order valence-corrected chi connectivity index (χ1v) is 7.38. The molecule has 1 aromatic heterocycles. The highest BCUT2D eigenvalue weighted by Gasteiger charge is 2.32. The van der Waals surface area contributed by atoms with Gasteiger partial charge in [-0.2, -0.15) is 13.2 Å². The van der Waals surface area contributed by atoms with Crippen LogP contribution in [0.1, 0.15) is 29.8 Å². The predicted octanol–water partition coefficient (Wildman–Crippen LogP) is 2.64. The largest absolute Gasteiger partial charge is 0.462 e. The van der Waals surface area contributed by atoms with Crippen molar-refractivity contribution in [1.29, 1.82) is 0 Å². The number of hydrogen-bond acceptors (Lipinski definition) is 4. The third kappa shape index (κ3) is 3.94. The lowest BCUT2D eigenvalue weighted by atomic mass is 10.1. The van der Waals surface area contributed by atoms with Gasteiger partial charge in [0.15, 0.2) is 6.20 Å². The van der Waals surface area contributed by atoms with Crippen molar-refractivity contribution >= 4 is 22.6 Å². The summed E-state index contributed by atoms with van der Waals surface area (Å²) in [5.41, 5.74) is -0.107. The summed E-state index contributed by atoms with van der Waals surface area (Å²) in [5.74, 6) is -0.608. The molecule has 0 spiro atoms. The number of H-pyrrole nitrogens is 1. The van der Waals surface area contributed by atoms with E-state index in [0.29, 0.717) is 11.1 Å². The molecule has 24 heavy (non-hydrogen) atoms. The molecule has 8 heteroatoms. The fraction of sp³-hybridized carbons (Fsp3) is 0.375. The monoisotopic (exact) mass is 343 g/mol. The number of fused-ring (bicyclic) bond motifs is 1. The zero-order valence-electron chi connectivity index (χ0n) is 13.2. The Kier molecular flexibility index (Phi) is 5.28. The summed E-state index contributed by atoms with van der Waals surface area (Å²) in [7, 11) is 0. The molecular formula is C16H18F3N2O3+. The number of carbonyl (C=O) groups excluding carboxylic acids is 1. The third-order valence-electron chi connectivity index (χ3n) is 3.33. The number of anilines is 1. The number of carbonyl (C=O) groups is 1. The summed E-state index contributed by atoms with van der Waals surface area (Å²) < 4.78 is 43.5. The molecular weight excluding hydrogens is 325 g/mol. The molecule has 0 bridgehead atoms. The van der Waals surface area contributed by atoms with Crippen molar-refractivity contribution in [1.82, 2.24) is 0 Å². The Bertz CT molecular complexity index is 745. The molecule has 0 aliphatic carbocycles. The molecule has 0 saturated carbocycles. The summed E-state index contributed by atoms with van der Waals surface area (Å²) in [6.45, 7) is 3.50. The third-order valence-corrected chi connectivity index (χ3v) is 3.33. The van der Waals surface area contributed by atoms with Gasteiger partial charge < -0.3 is 15.2 Å². The van der Waals surface area contributed by atoms with Crippen molar-refractivity contribution in [2.24, 2.45) is 0 Å². The molecule has 5 nitrogen and oxygen atoms in total. The van der Waals surface area contributed by atoms with Crippen LogP contribution in [0.25, 0.3) is 10.9 Å². The summed E-state index contributed by atoms with van der Waals surface area (Å²) in [5, 5.41) is 12.7. The van der Waals surface area contributed by atoms with Gasteiger partial charge in [-0.15, -0.1) is 0 Å². The molecule has 0 radical (unpaired) electrons. The molecule has 1 heterocycles. The van der Waals surface area contributed by atoms with Crippen molar-refractivity contribution in [2.45, 2.75) is 26.1 Å². The number of pyridine rings is 1. The van der Waals surface area contributed by atoms with Crippen LogP contribution in [0.3, 0.4) is 0 Å². The van der Waals surface area contributed by atoms with E-state index < -0.39 is 23.8 Å². The normalized spacial score (nSPS) is 12.9. The standard InChI is InChI=1S/C16H17F3N2O3/c1-3-24-15(23)12-8-20-13-6-10(16(17,18)19)4-5-11(13)14(12)21-7-9(2)22/h4-6,8-9,22H,3,7H2,1-2H3,(H,20,21)/p+1/t9-/m0/s1. The molecule has 0 amide bonds. The molecule has 0 unspecified atom stereocenters. The number of aromatic amines is 1. The van der Waals surface area contributed by atoms with Gasteiger partial charge in [-0.1, -0.05) is 0 Å². The maximum absolute atomic E-state index is 12.8. The number of ether oxygens (including phenoxy) is 1. The number of alkyl halides is 3. The number of benzene rings is 1. The molecule has 1 atom stereocenters. The number of aliphatic hydroxyl groups is 1. The molecule has 0 aliphatic rings. The van der Waals surface area contributed by atoms with Crippen molar-refractivity contribution in [2.75, 3.05) is 18.5 Å². The quantitative estimate of drug-likeness (QED) is 0.819. The average Bonchev–Trinajstić information content (AvgIpc) is 2.51. The summed E-state index contributed by atoms with van der Waals surface area (Å²) in [4.78, 5) is 14.8. The van der Waals surface area contributed by atoms with Crippen LogP contribution in [0.5, 0.6) is 0 Å². The summed E-state index contributed by atoms with van der Waals surface area (Å²) in [6.07, 6.45) is -3.87. The zero-order chi connectivity index (χ0) is 17.9. The first-order chi connectivity index (χ1) is 11.2. The Morgan fingerprint density at radius 2 is 2.12 bits per heavy atom. The van der Waals surface area contributed by atoms with Crippen LogP contribution in [0.15, 0.2) is 24.4 Å². The van der Waals surface area contributed by atoms with Gasteiger partial charge in [-0.05, 0) is 26.0 Å². The number of rotatable bonds is 5.